The molecule has 0 bridgehead atoms. The summed E-state index contributed by atoms with van der Waals surface area (Å²) >= 11 is 0. The van der Waals surface area contributed by atoms with Crippen molar-refractivity contribution in [1.29, 1.82) is 0 Å². The summed E-state index contributed by atoms with van der Waals surface area (Å²) in [6.07, 6.45) is 7.21. The Morgan fingerprint density at radius 1 is 1.20 bits per heavy atom. The van der Waals surface area contributed by atoms with Crippen LogP contribution in [0.4, 0.5) is 0 Å². The van der Waals surface area contributed by atoms with Crippen LogP contribution in [-0.4, -0.2) is 15.2 Å². The van der Waals surface area contributed by atoms with E-state index in [1.165, 1.54) is 25.7 Å². The number of hydrogen-bond donors (Lipinski definition) is 1. The predicted octanol–water partition coefficient (Wildman–Crippen LogP) is 3.44. The molecule has 1 heterocycles. The number of nitrogens with zero attached hydrogens (tertiary/aromatic N) is 2. The summed E-state index contributed by atoms with van der Waals surface area (Å²) in [7, 11) is 0. The quantitative estimate of drug-likeness (QED) is 0.699. The van der Waals surface area contributed by atoms with E-state index in [0.717, 1.165) is 24.5 Å². The number of aryl methyl sites for hydroxylation is 1. The molecule has 0 amide bonds. The third-order valence-electron chi connectivity index (χ3n) is 2.90. The minimum absolute atomic E-state index is 0.549. The van der Waals surface area contributed by atoms with Gasteiger partial charge in [0.05, 0.1) is 0 Å². The molecule has 0 aliphatic rings. The Hall–Kier alpha value is -0.860. The second-order valence-electron chi connectivity index (χ2n) is 4.09. The highest BCUT2D eigenvalue weighted by Gasteiger charge is 2.13. The molecule has 3 nitrogen and oxygen atoms in total. The van der Waals surface area contributed by atoms with Crippen molar-refractivity contribution in [2.75, 3.05) is 0 Å². The van der Waals surface area contributed by atoms with Gasteiger partial charge in [0.1, 0.15) is 5.82 Å². The highest BCUT2D eigenvalue weighted by molar-refractivity contribution is 4.97. The third-order valence-corrected chi connectivity index (χ3v) is 2.90. The highest BCUT2D eigenvalue weighted by Crippen LogP contribution is 2.22. The maximum absolute atomic E-state index is 4.51. The molecule has 1 rings (SSSR count). The van der Waals surface area contributed by atoms with Gasteiger partial charge in [-0.1, -0.05) is 40.0 Å². The van der Waals surface area contributed by atoms with Crippen LogP contribution in [0.3, 0.4) is 0 Å². The predicted molar refractivity (Wildman–Crippen MR) is 62.9 cm³/mol. The van der Waals surface area contributed by atoms with Crippen LogP contribution >= 0.6 is 0 Å². The lowest BCUT2D eigenvalue weighted by Gasteiger charge is -2.09. The highest BCUT2D eigenvalue weighted by atomic mass is 15.2. The van der Waals surface area contributed by atoms with E-state index in [9.17, 15) is 0 Å². The van der Waals surface area contributed by atoms with Crippen molar-refractivity contribution in [3.8, 4) is 0 Å². The summed E-state index contributed by atoms with van der Waals surface area (Å²) in [6.45, 7) is 6.56. The van der Waals surface area contributed by atoms with E-state index in [4.69, 9.17) is 0 Å². The molecule has 15 heavy (non-hydrogen) atoms. The van der Waals surface area contributed by atoms with Gasteiger partial charge in [0, 0.05) is 12.3 Å². The van der Waals surface area contributed by atoms with Gasteiger partial charge >= 0.3 is 0 Å². The van der Waals surface area contributed by atoms with Crippen molar-refractivity contribution in [1.82, 2.24) is 15.2 Å². The van der Waals surface area contributed by atoms with Crippen molar-refractivity contribution in [2.24, 2.45) is 0 Å². The van der Waals surface area contributed by atoms with Crippen molar-refractivity contribution >= 4 is 0 Å². The van der Waals surface area contributed by atoms with E-state index < -0.39 is 0 Å². The van der Waals surface area contributed by atoms with E-state index in [1.54, 1.807) is 0 Å². The molecule has 0 radical (unpaired) electrons. The number of rotatable bonds is 7. The van der Waals surface area contributed by atoms with E-state index in [1.807, 2.05) is 0 Å². The fourth-order valence-electron chi connectivity index (χ4n) is 1.81. The molecule has 0 spiro atoms. The maximum atomic E-state index is 4.51. The maximum Gasteiger partial charge on any atom is 0.153 e. The molecular formula is C12H23N3. The number of unbranched alkanes of at least 4 members (excludes halogenated alkanes) is 2. The standard InChI is InChI=1S/C12H23N3/c1-4-7-8-9-10(5-2)12-13-11(6-3)14-15-12/h10H,4-9H2,1-3H3,(H,13,14,15). The first-order chi connectivity index (χ1) is 7.31. The number of aromatic nitrogens is 3. The molecule has 0 aliphatic carbocycles. The van der Waals surface area contributed by atoms with Crippen molar-refractivity contribution in [3.63, 3.8) is 0 Å². The van der Waals surface area contributed by atoms with Crippen LogP contribution in [-0.2, 0) is 6.42 Å². The smallest absolute Gasteiger partial charge is 0.153 e. The molecule has 86 valence electrons. The number of H-pyrrole nitrogens is 1. The van der Waals surface area contributed by atoms with Gasteiger partial charge in [0.15, 0.2) is 5.82 Å². The normalized spacial score (nSPS) is 13.0. The topological polar surface area (TPSA) is 41.6 Å². The minimum Gasteiger partial charge on any atom is -0.263 e. The Bertz CT molecular complexity index is 268. The van der Waals surface area contributed by atoms with Crippen LogP contribution < -0.4 is 0 Å². The molecule has 0 aliphatic heterocycles. The van der Waals surface area contributed by atoms with Gasteiger partial charge in [0.2, 0.25) is 0 Å². The summed E-state index contributed by atoms with van der Waals surface area (Å²) in [5.41, 5.74) is 0. The van der Waals surface area contributed by atoms with E-state index in [0.29, 0.717) is 5.92 Å². The molecule has 1 aromatic heterocycles. The summed E-state index contributed by atoms with van der Waals surface area (Å²) in [6, 6.07) is 0. The van der Waals surface area contributed by atoms with Gasteiger partial charge in [-0.25, -0.2) is 4.98 Å². The van der Waals surface area contributed by atoms with Crippen LogP contribution in [0.1, 0.15) is 70.4 Å². The van der Waals surface area contributed by atoms with Crippen LogP contribution in [0.5, 0.6) is 0 Å². The Balaban J connectivity index is 2.49. The van der Waals surface area contributed by atoms with E-state index in [-0.39, 0.29) is 0 Å². The first kappa shape index (κ1) is 12.2. The van der Waals surface area contributed by atoms with Gasteiger partial charge in [-0.05, 0) is 12.8 Å². The van der Waals surface area contributed by atoms with Gasteiger partial charge in [-0.2, -0.15) is 5.10 Å². The molecule has 0 aromatic carbocycles. The molecule has 3 heteroatoms. The fourth-order valence-corrected chi connectivity index (χ4v) is 1.81. The zero-order valence-corrected chi connectivity index (χ0v) is 10.2. The molecule has 0 saturated heterocycles. The molecule has 0 fully saturated rings. The van der Waals surface area contributed by atoms with Gasteiger partial charge in [-0.15, -0.1) is 0 Å². The summed E-state index contributed by atoms with van der Waals surface area (Å²) in [5.74, 6) is 2.58. The van der Waals surface area contributed by atoms with Crippen molar-refractivity contribution in [3.05, 3.63) is 11.6 Å². The van der Waals surface area contributed by atoms with Crippen molar-refractivity contribution in [2.45, 2.75) is 65.2 Å². The molecule has 1 aromatic rings. The van der Waals surface area contributed by atoms with E-state index in [2.05, 4.69) is 36.0 Å². The summed E-state index contributed by atoms with van der Waals surface area (Å²) in [5, 5.41) is 7.30. The van der Waals surface area contributed by atoms with Gasteiger partial charge in [-0.3, -0.25) is 5.10 Å². The number of nitrogens with one attached hydrogen (secondary N) is 1. The SMILES string of the molecule is CCCCCC(CC)c1n[nH]c(CC)n1. The zero-order valence-electron chi connectivity index (χ0n) is 10.2. The Kier molecular flexibility index (Phi) is 5.37. The number of aromatic amines is 1. The fraction of sp³-hybridized carbons (Fsp3) is 0.833. The van der Waals surface area contributed by atoms with Crippen LogP contribution in [0.2, 0.25) is 0 Å². The molecule has 0 saturated carbocycles. The zero-order chi connectivity index (χ0) is 11.1. The Morgan fingerprint density at radius 2 is 2.00 bits per heavy atom. The van der Waals surface area contributed by atoms with Crippen LogP contribution in [0.15, 0.2) is 0 Å². The monoisotopic (exact) mass is 209 g/mol. The second-order valence-corrected chi connectivity index (χ2v) is 4.09. The summed E-state index contributed by atoms with van der Waals surface area (Å²) in [4.78, 5) is 4.51. The molecule has 1 N–H and O–H groups in total. The lowest BCUT2D eigenvalue weighted by molar-refractivity contribution is 0.532. The Morgan fingerprint density at radius 3 is 2.53 bits per heavy atom. The van der Waals surface area contributed by atoms with Gasteiger partial charge in [0.25, 0.3) is 0 Å². The van der Waals surface area contributed by atoms with Crippen LogP contribution in [0, 0.1) is 0 Å². The minimum atomic E-state index is 0.549. The van der Waals surface area contributed by atoms with Crippen LogP contribution in [0.25, 0.3) is 0 Å². The van der Waals surface area contributed by atoms with Crippen molar-refractivity contribution < 1.29 is 0 Å². The van der Waals surface area contributed by atoms with E-state index >= 15 is 0 Å². The molecular weight excluding hydrogens is 186 g/mol. The molecule has 1 atom stereocenters. The lowest BCUT2D eigenvalue weighted by Crippen LogP contribution is -2.00. The first-order valence-corrected chi connectivity index (χ1v) is 6.22. The average molecular weight is 209 g/mol. The Labute approximate surface area is 92.7 Å². The summed E-state index contributed by atoms with van der Waals surface area (Å²) < 4.78 is 0. The third kappa shape index (κ3) is 3.65. The number of hydrogen-bond acceptors (Lipinski definition) is 2. The largest absolute Gasteiger partial charge is 0.263 e. The second kappa shape index (κ2) is 6.59. The molecule has 1 unspecified atom stereocenters. The van der Waals surface area contributed by atoms with Gasteiger partial charge < -0.3 is 0 Å². The first-order valence-electron chi connectivity index (χ1n) is 6.22. The lowest BCUT2D eigenvalue weighted by atomic mass is 9.98. The average Bonchev–Trinajstić information content (AvgIpc) is 2.73.